The summed E-state index contributed by atoms with van der Waals surface area (Å²) in [5.41, 5.74) is 1.32. The summed E-state index contributed by atoms with van der Waals surface area (Å²) in [6, 6.07) is 17.7. The van der Waals surface area contributed by atoms with Gasteiger partial charge in [-0.05, 0) is 61.0 Å². The molecule has 0 spiro atoms. The molecule has 164 valence electrons. The maximum atomic E-state index is 13.8. The van der Waals surface area contributed by atoms with Crippen LogP contribution in [0.4, 0.5) is 21.5 Å². The second-order valence-electron chi connectivity index (χ2n) is 7.26. The fourth-order valence-electron chi connectivity index (χ4n) is 3.41. The predicted molar refractivity (Wildman–Crippen MR) is 120 cm³/mol. The van der Waals surface area contributed by atoms with E-state index in [1.807, 2.05) is 0 Å². The summed E-state index contributed by atoms with van der Waals surface area (Å²) in [5, 5.41) is 2.75. The Bertz CT molecular complexity index is 1280. The molecule has 0 aromatic heterocycles. The van der Waals surface area contributed by atoms with Gasteiger partial charge in [-0.2, -0.15) is 0 Å². The van der Waals surface area contributed by atoms with E-state index in [1.165, 1.54) is 42.5 Å². The Balaban J connectivity index is 1.47. The standard InChI is InChI=1S/C23H20FN3O4S/c24-20-7-1-2-8-21(20)26-32(30,31)19-12-10-16(11-13-19)23(29)25-17-5-3-6-18(15-17)27-14-4-9-22(27)28/h1-3,5-8,10-13,15,26H,4,9,14H2,(H,25,29). The third-order valence-electron chi connectivity index (χ3n) is 5.03. The van der Waals surface area contributed by atoms with Gasteiger partial charge in [0.2, 0.25) is 5.91 Å². The van der Waals surface area contributed by atoms with Gasteiger partial charge in [-0.15, -0.1) is 0 Å². The van der Waals surface area contributed by atoms with Gasteiger partial charge in [0.25, 0.3) is 15.9 Å². The number of nitrogens with zero attached hydrogens (tertiary/aromatic N) is 1. The molecule has 1 aliphatic heterocycles. The van der Waals surface area contributed by atoms with E-state index in [0.717, 1.165) is 12.5 Å². The van der Waals surface area contributed by atoms with Gasteiger partial charge >= 0.3 is 0 Å². The number of hydrogen-bond acceptors (Lipinski definition) is 4. The molecule has 0 bridgehead atoms. The third kappa shape index (κ3) is 4.62. The largest absolute Gasteiger partial charge is 0.322 e. The first-order valence-corrected chi connectivity index (χ1v) is 11.4. The number of benzene rings is 3. The van der Waals surface area contributed by atoms with Crippen molar-refractivity contribution in [3.05, 3.63) is 84.2 Å². The van der Waals surface area contributed by atoms with Crippen molar-refractivity contribution in [3.8, 4) is 0 Å². The van der Waals surface area contributed by atoms with Crippen LogP contribution >= 0.6 is 0 Å². The molecule has 2 N–H and O–H groups in total. The zero-order valence-electron chi connectivity index (χ0n) is 16.9. The van der Waals surface area contributed by atoms with Crippen LogP contribution < -0.4 is 14.9 Å². The third-order valence-corrected chi connectivity index (χ3v) is 6.42. The molecule has 0 unspecified atom stereocenters. The van der Waals surface area contributed by atoms with Crippen LogP contribution in [0.1, 0.15) is 23.2 Å². The summed E-state index contributed by atoms with van der Waals surface area (Å²) in [5.74, 6) is -1.07. The fraction of sp³-hybridized carbons (Fsp3) is 0.130. The van der Waals surface area contributed by atoms with Crippen LogP contribution in [0.15, 0.2) is 77.7 Å². The Labute approximate surface area is 184 Å². The highest BCUT2D eigenvalue weighted by molar-refractivity contribution is 7.92. The molecule has 4 rings (SSSR count). The van der Waals surface area contributed by atoms with Crippen LogP contribution in [0.3, 0.4) is 0 Å². The molecule has 3 aromatic rings. The highest BCUT2D eigenvalue weighted by Crippen LogP contribution is 2.25. The van der Waals surface area contributed by atoms with E-state index >= 15 is 0 Å². The summed E-state index contributed by atoms with van der Waals surface area (Å²) in [6.45, 7) is 0.646. The van der Waals surface area contributed by atoms with Crippen LogP contribution in [-0.2, 0) is 14.8 Å². The number of amides is 2. The molecular weight excluding hydrogens is 433 g/mol. The number of anilines is 3. The van der Waals surface area contributed by atoms with Crippen molar-refractivity contribution in [2.45, 2.75) is 17.7 Å². The topological polar surface area (TPSA) is 95.6 Å². The molecule has 2 amide bonds. The van der Waals surface area contributed by atoms with Gasteiger partial charge in [0, 0.05) is 29.9 Å². The summed E-state index contributed by atoms with van der Waals surface area (Å²) in [4.78, 5) is 26.1. The highest BCUT2D eigenvalue weighted by atomic mass is 32.2. The zero-order valence-corrected chi connectivity index (χ0v) is 17.7. The Morgan fingerprint density at radius 1 is 0.969 bits per heavy atom. The molecule has 32 heavy (non-hydrogen) atoms. The monoisotopic (exact) mass is 453 g/mol. The van der Waals surface area contributed by atoms with Gasteiger partial charge in [0.1, 0.15) is 5.82 Å². The molecule has 1 heterocycles. The summed E-state index contributed by atoms with van der Waals surface area (Å²) in [6.07, 6.45) is 1.31. The maximum Gasteiger partial charge on any atom is 0.261 e. The number of nitrogens with one attached hydrogen (secondary N) is 2. The molecule has 1 aliphatic rings. The Kier molecular flexibility index (Phi) is 5.91. The normalized spacial score (nSPS) is 13.8. The first kappa shape index (κ1) is 21.5. The predicted octanol–water partition coefficient (Wildman–Crippen LogP) is 4.01. The van der Waals surface area contributed by atoms with Crippen LogP contribution in [-0.4, -0.2) is 26.8 Å². The SMILES string of the molecule is O=C(Nc1cccc(N2CCCC2=O)c1)c1ccc(S(=O)(=O)Nc2ccccc2F)cc1. The van der Waals surface area contributed by atoms with Gasteiger partial charge in [-0.3, -0.25) is 14.3 Å². The smallest absolute Gasteiger partial charge is 0.261 e. The van der Waals surface area contributed by atoms with Crippen LogP contribution in [0.2, 0.25) is 0 Å². The Hall–Kier alpha value is -3.72. The van der Waals surface area contributed by atoms with E-state index in [-0.39, 0.29) is 22.1 Å². The van der Waals surface area contributed by atoms with Crippen molar-refractivity contribution in [3.63, 3.8) is 0 Å². The van der Waals surface area contributed by atoms with Crippen LogP contribution in [0.25, 0.3) is 0 Å². The number of carbonyl (C=O) groups excluding carboxylic acids is 2. The van der Waals surface area contributed by atoms with Gasteiger partial charge < -0.3 is 10.2 Å². The van der Waals surface area contributed by atoms with E-state index in [0.29, 0.717) is 24.3 Å². The average Bonchev–Trinajstić information content (AvgIpc) is 3.21. The number of para-hydroxylation sites is 1. The number of carbonyl (C=O) groups is 2. The van der Waals surface area contributed by atoms with E-state index < -0.39 is 21.7 Å². The van der Waals surface area contributed by atoms with Crippen molar-refractivity contribution < 1.29 is 22.4 Å². The molecule has 0 radical (unpaired) electrons. The van der Waals surface area contributed by atoms with Crippen LogP contribution in [0.5, 0.6) is 0 Å². The van der Waals surface area contributed by atoms with E-state index in [1.54, 1.807) is 29.2 Å². The number of hydrogen-bond donors (Lipinski definition) is 2. The lowest BCUT2D eigenvalue weighted by atomic mass is 10.2. The molecule has 3 aromatic carbocycles. The van der Waals surface area contributed by atoms with E-state index in [2.05, 4.69) is 10.0 Å². The van der Waals surface area contributed by atoms with Crippen LogP contribution in [0, 0.1) is 5.82 Å². The molecule has 0 atom stereocenters. The molecular formula is C23H20FN3O4S. The quantitative estimate of drug-likeness (QED) is 0.590. The molecule has 1 fully saturated rings. The molecule has 0 saturated carbocycles. The minimum Gasteiger partial charge on any atom is -0.322 e. The number of rotatable bonds is 6. The van der Waals surface area contributed by atoms with E-state index in [4.69, 9.17) is 0 Å². The first-order valence-electron chi connectivity index (χ1n) is 9.93. The fourth-order valence-corrected chi connectivity index (χ4v) is 4.48. The van der Waals surface area contributed by atoms with Crippen molar-refractivity contribution in [1.29, 1.82) is 0 Å². The second-order valence-corrected chi connectivity index (χ2v) is 8.95. The molecule has 1 saturated heterocycles. The summed E-state index contributed by atoms with van der Waals surface area (Å²) in [7, 11) is -4.02. The Morgan fingerprint density at radius 2 is 1.72 bits per heavy atom. The lowest BCUT2D eigenvalue weighted by molar-refractivity contribution is -0.117. The molecule has 9 heteroatoms. The number of sulfonamides is 1. The van der Waals surface area contributed by atoms with Gasteiger partial charge in [0.15, 0.2) is 0 Å². The van der Waals surface area contributed by atoms with Gasteiger partial charge in [0.05, 0.1) is 10.6 Å². The lowest BCUT2D eigenvalue weighted by Gasteiger charge is -2.16. The highest BCUT2D eigenvalue weighted by Gasteiger charge is 2.22. The zero-order chi connectivity index (χ0) is 22.7. The van der Waals surface area contributed by atoms with Gasteiger partial charge in [-0.1, -0.05) is 18.2 Å². The Morgan fingerprint density at radius 3 is 2.41 bits per heavy atom. The molecule has 0 aliphatic carbocycles. The van der Waals surface area contributed by atoms with Crippen molar-refractivity contribution in [2.75, 3.05) is 21.5 Å². The van der Waals surface area contributed by atoms with Gasteiger partial charge in [-0.25, -0.2) is 12.8 Å². The second kappa shape index (κ2) is 8.80. The van der Waals surface area contributed by atoms with Crippen molar-refractivity contribution in [1.82, 2.24) is 0 Å². The number of halogens is 1. The average molecular weight is 453 g/mol. The van der Waals surface area contributed by atoms with E-state index in [9.17, 15) is 22.4 Å². The maximum absolute atomic E-state index is 13.8. The lowest BCUT2D eigenvalue weighted by Crippen LogP contribution is -2.23. The summed E-state index contributed by atoms with van der Waals surface area (Å²) < 4.78 is 41.0. The first-order chi connectivity index (χ1) is 15.3. The summed E-state index contributed by atoms with van der Waals surface area (Å²) >= 11 is 0. The molecule has 7 nitrogen and oxygen atoms in total. The minimum atomic E-state index is -4.02. The minimum absolute atomic E-state index is 0.0502. The van der Waals surface area contributed by atoms with Crippen molar-refractivity contribution in [2.24, 2.45) is 0 Å². The van der Waals surface area contributed by atoms with Crippen molar-refractivity contribution >= 4 is 38.9 Å².